The predicted octanol–water partition coefficient (Wildman–Crippen LogP) is 6.42. The van der Waals surface area contributed by atoms with Gasteiger partial charge >= 0.3 is 6.92 Å². The molecule has 2 aromatic heterocycles. The van der Waals surface area contributed by atoms with Crippen LogP contribution in [0.25, 0.3) is 28.1 Å². The lowest BCUT2D eigenvalue weighted by molar-refractivity contribution is 0.589. The molecule has 0 N–H and O–H groups in total. The third kappa shape index (κ3) is 4.80. The maximum Gasteiger partial charge on any atom is 0.426 e. The molecule has 0 aliphatic carbocycles. The lowest BCUT2D eigenvalue weighted by Crippen LogP contribution is -2.47. The second kappa shape index (κ2) is 9.83. The van der Waals surface area contributed by atoms with E-state index in [9.17, 15) is 0 Å². The average molecular weight is 468 g/mol. The van der Waals surface area contributed by atoms with Crippen LogP contribution in [-0.4, -0.2) is 16.9 Å². The third-order valence-electron chi connectivity index (χ3n) is 6.52. The summed E-state index contributed by atoms with van der Waals surface area (Å²) in [7, 11) is 0. The molecule has 0 fully saturated rings. The minimum atomic E-state index is -0.283. The van der Waals surface area contributed by atoms with Crippen LogP contribution in [0.1, 0.15) is 31.9 Å². The standard InChI is InChI=1S/C32H29BN2O/c1-5-23-8-12-26(13-9-23)33(27-14-10-25(11-15-27)32(2,3)4)36-30-17-16-28(24-18-21-34-22-19-24)29-7-6-20-35-31(29)30/h5-22H,1H2,2-4H3. The molecule has 0 atom stereocenters. The highest BCUT2D eigenvalue weighted by atomic mass is 16.4. The summed E-state index contributed by atoms with van der Waals surface area (Å²) in [5, 5.41) is 1.05. The molecule has 3 aromatic carbocycles. The Hall–Kier alpha value is -4.18. The molecule has 0 saturated heterocycles. The van der Waals surface area contributed by atoms with Gasteiger partial charge < -0.3 is 4.65 Å². The highest BCUT2D eigenvalue weighted by Crippen LogP contribution is 2.33. The zero-order valence-electron chi connectivity index (χ0n) is 21.0. The van der Waals surface area contributed by atoms with Gasteiger partial charge in [-0.1, -0.05) is 94.1 Å². The SMILES string of the molecule is C=Cc1ccc(B(Oc2ccc(-c3ccncc3)c3cccnc23)c2ccc(C(C)(C)C)cc2)cc1. The quantitative estimate of drug-likeness (QED) is 0.270. The Morgan fingerprint density at radius 2 is 1.44 bits per heavy atom. The first-order valence-electron chi connectivity index (χ1n) is 12.2. The lowest BCUT2D eigenvalue weighted by Gasteiger charge is -2.22. The number of hydrogen-bond donors (Lipinski definition) is 0. The molecule has 0 bridgehead atoms. The number of aromatic nitrogens is 2. The zero-order valence-corrected chi connectivity index (χ0v) is 21.0. The summed E-state index contributed by atoms with van der Waals surface area (Å²) in [6.45, 7) is 10.3. The van der Waals surface area contributed by atoms with Gasteiger partial charge in [0.15, 0.2) is 0 Å². The first kappa shape index (κ1) is 23.6. The van der Waals surface area contributed by atoms with Gasteiger partial charge in [0.1, 0.15) is 11.3 Å². The molecule has 0 aliphatic rings. The van der Waals surface area contributed by atoms with Crippen molar-refractivity contribution in [3.63, 3.8) is 0 Å². The number of benzene rings is 3. The van der Waals surface area contributed by atoms with Crippen molar-refractivity contribution in [2.24, 2.45) is 0 Å². The van der Waals surface area contributed by atoms with Gasteiger partial charge in [0.05, 0.1) is 0 Å². The minimum Gasteiger partial charge on any atom is -0.550 e. The smallest absolute Gasteiger partial charge is 0.426 e. The van der Waals surface area contributed by atoms with E-state index in [1.165, 1.54) is 5.56 Å². The van der Waals surface area contributed by atoms with E-state index in [-0.39, 0.29) is 12.3 Å². The number of rotatable bonds is 6. The van der Waals surface area contributed by atoms with Crippen molar-refractivity contribution in [3.05, 3.63) is 121 Å². The van der Waals surface area contributed by atoms with E-state index >= 15 is 0 Å². The molecule has 0 saturated carbocycles. The first-order valence-corrected chi connectivity index (χ1v) is 12.2. The van der Waals surface area contributed by atoms with Gasteiger partial charge in [0, 0.05) is 24.0 Å². The summed E-state index contributed by atoms with van der Waals surface area (Å²) in [6, 6.07) is 29.4. The summed E-state index contributed by atoms with van der Waals surface area (Å²) in [5.41, 5.74) is 7.67. The number of hydrogen-bond acceptors (Lipinski definition) is 3. The largest absolute Gasteiger partial charge is 0.550 e. The van der Waals surface area contributed by atoms with E-state index < -0.39 is 0 Å². The minimum absolute atomic E-state index is 0.0867. The highest BCUT2D eigenvalue weighted by Gasteiger charge is 2.26. The molecule has 5 rings (SSSR count). The summed E-state index contributed by atoms with van der Waals surface area (Å²) in [4.78, 5) is 8.89. The van der Waals surface area contributed by atoms with Gasteiger partial charge in [-0.3, -0.25) is 9.97 Å². The summed E-state index contributed by atoms with van der Waals surface area (Å²) in [6.07, 6.45) is 7.29. The molecule has 5 aromatic rings. The van der Waals surface area contributed by atoms with E-state index in [1.54, 1.807) is 0 Å². The monoisotopic (exact) mass is 468 g/mol. The molecule has 0 aliphatic heterocycles. The van der Waals surface area contributed by atoms with Crippen LogP contribution in [0, 0.1) is 0 Å². The molecule has 0 unspecified atom stereocenters. The van der Waals surface area contributed by atoms with E-state index in [1.807, 2.05) is 48.9 Å². The average Bonchev–Trinajstić information content (AvgIpc) is 2.92. The Morgan fingerprint density at radius 3 is 2.08 bits per heavy atom. The van der Waals surface area contributed by atoms with Crippen molar-refractivity contribution in [2.75, 3.05) is 0 Å². The normalized spacial score (nSPS) is 11.3. The van der Waals surface area contributed by atoms with Crippen LogP contribution in [0.4, 0.5) is 0 Å². The molecule has 36 heavy (non-hydrogen) atoms. The molecule has 0 amide bonds. The van der Waals surface area contributed by atoms with Gasteiger partial charge in [0.2, 0.25) is 0 Å². The Morgan fingerprint density at radius 1 is 0.778 bits per heavy atom. The van der Waals surface area contributed by atoms with Crippen molar-refractivity contribution in [1.82, 2.24) is 9.97 Å². The molecule has 0 radical (unpaired) electrons. The molecular formula is C32H29BN2O. The summed E-state index contributed by atoms with van der Waals surface area (Å²) < 4.78 is 6.79. The van der Waals surface area contributed by atoms with Crippen LogP contribution in [0.5, 0.6) is 5.75 Å². The van der Waals surface area contributed by atoms with Crippen LogP contribution in [0.2, 0.25) is 0 Å². The van der Waals surface area contributed by atoms with Crippen LogP contribution >= 0.6 is 0 Å². The molecule has 176 valence electrons. The van der Waals surface area contributed by atoms with Crippen LogP contribution in [0.3, 0.4) is 0 Å². The maximum atomic E-state index is 6.79. The topological polar surface area (TPSA) is 35.0 Å². The van der Waals surface area contributed by atoms with Crippen LogP contribution < -0.4 is 15.6 Å². The summed E-state index contributed by atoms with van der Waals surface area (Å²) >= 11 is 0. The van der Waals surface area contributed by atoms with Gasteiger partial charge in [-0.25, -0.2) is 0 Å². The van der Waals surface area contributed by atoms with Gasteiger partial charge in [0.25, 0.3) is 0 Å². The third-order valence-corrected chi connectivity index (χ3v) is 6.52. The van der Waals surface area contributed by atoms with E-state index in [0.717, 1.165) is 44.3 Å². The second-order valence-corrected chi connectivity index (χ2v) is 9.99. The molecule has 0 spiro atoms. The lowest BCUT2D eigenvalue weighted by atomic mass is 9.55. The Labute approximate surface area is 213 Å². The van der Waals surface area contributed by atoms with E-state index in [0.29, 0.717) is 0 Å². The predicted molar refractivity (Wildman–Crippen MR) is 152 cm³/mol. The van der Waals surface area contributed by atoms with Crippen molar-refractivity contribution in [2.45, 2.75) is 26.2 Å². The Bertz CT molecular complexity index is 1490. The number of fused-ring (bicyclic) bond motifs is 1. The zero-order chi connectivity index (χ0) is 25.1. The van der Waals surface area contributed by atoms with Gasteiger partial charge in [-0.05, 0) is 62.9 Å². The van der Waals surface area contributed by atoms with E-state index in [4.69, 9.17) is 9.64 Å². The number of pyridine rings is 2. The summed E-state index contributed by atoms with van der Waals surface area (Å²) in [5.74, 6) is 0.751. The highest BCUT2D eigenvalue weighted by molar-refractivity contribution is 6.80. The fourth-order valence-corrected chi connectivity index (χ4v) is 4.45. The molecule has 2 heterocycles. The number of nitrogens with zero attached hydrogens (tertiary/aromatic N) is 2. The Kier molecular flexibility index (Phi) is 6.43. The van der Waals surface area contributed by atoms with E-state index in [2.05, 4.69) is 93.0 Å². The maximum absolute atomic E-state index is 6.79. The molecular weight excluding hydrogens is 439 g/mol. The first-order chi connectivity index (χ1) is 17.4. The molecule has 3 nitrogen and oxygen atoms in total. The van der Waals surface area contributed by atoms with Crippen molar-refractivity contribution in [3.8, 4) is 16.9 Å². The Balaban J connectivity index is 1.60. The van der Waals surface area contributed by atoms with Gasteiger partial charge in [-0.15, -0.1) is 0 Å². The van der Waals surface area contributed by atoms with Crippen molar-refractivity contribution in [1.29, 1.82) is 0 Å². The van der Waals surface area contributed by atoms with Crippen molar-refractivity contribution >= 4 is 34.8 Å². The second-order valence-electron chi connectivity index (χ2n) is 9.99. The fraction of sp³-hybridized carbons (Fsp3) is 0.125. The fourth-order valence-electron chi connectivity index (χ4n) is 4.45. The molecule has 4 heteroatoms. The van der Waals surface area contributed by atoms with Gasteiger partial charge in [-0.2, -0.15) is 0 Å². The van der Waals surface area contributed by atoms with Crippen molar-refractivity contribution < 1.29 is 4.65 Å². The van der Waals surface area contributed by atoms with Crippen LogP contribution in [-0.2, 0) is 5.41 Å². The van der Waals surface area contributed by atoms with Crippen LogP contribution in [0.15, 0.2) is 110 Å².